The van der Waals surface area contributed by atoms with Gasteiger partial charge in [-0.2, -0.15) is 0 Å². The lowest BCUT2D eigenvalue weighted by Crippen LogP contribution is -2.31. The number of rotatable bonds is 11. The molecule has 5 aromatic rings. The second-order valence-corrected chi connectivity index (χ2v) is 13.0. The van der Waals surface area contributed by atoms with E-state index in [2.05, 4.69) is 10.1 Å². The average Bonchev–Trinajstić information content (AvgIpc) is 3.21. The first kappa shape index (κ1) is 45.4. The summed E-state index contributed by atoms with van der Waals surface area (Å²) in [6.07, 6.45) is 0. The molecular weight excluding hydrogens is 823 g/mol. The number of nitrogens with one attached hydrogen (secondary N) is 1. The van der Waals surface area contributed by atoms with Crippen molar-refractivity contribution in [1.29, 1.82) is 0 Å². The van der Waals surface area contributed by atoms with Crippen molar-refractivity contribution in [2.24, 2.45) is 0 Å². The van der Waals surface area contributed by atoms with Gasteiger partial charge in [0.2, 0.25) is 11.8 Å². The molecule has 0 atom stereocenters. The highest BCUT2D eigenvalue weighted by molar-refractivity contribution is 6.35. The van der Waals surface area contributed by atoms with Gasteiger partial charge in [0.25, 0.3) is 0 Å². The summed E-state index contributed by atoms with van der Waals surface area (Å²) in [4.78, 5) is 49.5. The Kier molecular flexibility index (Phi) is 15.3. The van der Waals surface area contributed by atoms with Crippen molar-refractivity contribution in [3.63, 3.8) is 0 Å². The highest BCUT2D eigenvalue weighted by Gasteiger charge is 2.31. The number of nitrogens with zero attached hydrogens (tertiary/aromatic N) is 1. The molecule has 59 heavy (non-hydrogen) atoms. The summed E-state index contributed by atoms with van der Waals surface area (Å²) >= 11 is 12.4. The second kappa shape index (κ2) is 19.9. The van der Waals surface area contributed by atoms with Crippen molar-refractivity contribution >= 4 is 58.3 Å². The predicted molar refractivity (Wildman–Crippen MR) is 214 cm³/mol. The monoisotopic (exact) mass is 858 g/mol. The molecule has 0 spiro atoms. The molecule has 0 saturated carbocycles. The van der Waals surface area contributed by atoms with Gasteiger partial charge in [0.05, 0.1) is 85.8 Å². The highest BCUT2D eigenvalue weighted by atomic mass is 35.5. The van der Waals surface area contributed by atoms with Gasteiger partial charge in [0.1, 0.15) is 28.9 Å². The van der Waals surface area contributed by atoms with Gasteiger partial charge in [-0.3, -0.25) is 9.59 Å². The van der Waals surface area contributed by atoms with Crippen molar-refractivity contribution in [2.75, 3.05) is 45.8 Å². The Bertz CT molecular complexity index is 2410. The van der Waals surface area contributed by atoms with Gasteiger partial charge in [-0.15, -0.1) is 0 Å². The number of halogens is 6. The van der Waals surface area contributed by atoms with Crippen LogP contribution in [0.1, 0.15) is 40.1 Å². The Balaban J connectivity index is 0.000000273. The third-order valence-corrected chi connectivity index (χ3v) is 9.16. The van der Waals surface area contributed by atoms with Crippen LogP contribution >= 0.6 is 23.2 Å². The number of benzene rings is 5. The topological polar surface area (TPSA) is 130 Å². The molecule has 1 N–H and O–H groups in total. The van der Waals surface area contributed by atoms with E-state index in [-0.39, 0.29) is 67.2 Å². The van der Waals surface area contributed by atoms with E-state index >= 15 is 8.78 Å². The summed E-state index contributed by atoms with van der Waals surface area (Å²) in [6, 6.07) is 16.9. The molecule has 0 aliphatic carbocycles. The third kappa shape index (κ3) is 9.87. The minimum absolute atomic E-state index is 0.0297. The number of esters is 2. The van der Waals surface area contributed by atoms with Gasteiger partial charge in [-0.05, 0) is 54.1 Å². The molecule has 11 nitrogen and oxygen atoms in total. The zero-order chi connectivity index (χ0) is 43.7. The first-order chi connectivity index (χ1) is 28.0. The van der Waals surface area contributed by atoms with Crippen LogP contribution in [-0.2, 0) is 25.6 Å². The first-order valence-corrected chi connectivity index (χ1v) is 17.8. The number of carbonyl (C=O) groups is 4. The van der Waals surface area contributed by atoms with Crippen LogP contribution < -0.4 is 24.4 Å². The Labute approximate surface area is 346 Å². The van der Waals surface area contributed by atoms with Crippen LogP contribution in [0.3, 0.4) is 0 Å². The highest BCUT2D eigenvalue weighted by Crippen LogP contribution is 2.45. The standard InChI is InChI=1S/C25H22ClF2NO5.C17H14ClF2NO4/c1-14(30)29(13-15-8-10-16(32-2)11-9-15)24-17(25(31)34-4)12-18(26)21(23(24)28)22-19(27)6-5-7-20(22)33-3;1-8(22)21-16-9(17(23)25-3)7-10(18)13(15(16)20)14-11(19)5-4-6-12(14)24-2/h5-12H,13H2,1-4H3;4-7H,1-3H3,(H,21,22). The summed E-state index contributed by atoms with van der Waals surface area (Å²) < 4.78 is 85.2. The number of anilines is 2. The Hall–Kier alpha value is -6.32. The summed E-state index contributed by atoms with van der Waals surface area (Å²) in [5, 5.41) is 1.72. The lowest BCUT2D eigenvalue weighted by atomic mass is 9.98. The molecule has 0 unspecified atom stereocenters. The van der Waals surface area contributed by atoms with Crippen LogP contribution in [0.15, 0.2) is 72.8 Å². The summed E-state index contributed by atoms with van der Waals surface area (Å²) in [5.41, 5.74) is -1.94. The van der Waals surface area contributed by atoms with E-state index in [0.717, 1.165) is 50.3 Å². The maximum Gasteiger partial charge on any atom is 0.340 e. The molecule has 5 aromatic carbocycles. The largest absolute Gasteiger partial charge is 0.497 e. The summed E-state index contributed by atoms with van der Waals surface area (Å²) in [5.74, 6) is -6.05. The van der Waals surface area contributed by atoms with Gasteiger partial charge in [0.15, 0.2) is 11.6 Å². The Morgan fingerprint density at radius 2 is 1.10 bits per heavy atom. The van der Waals surface area contributed by atoms with Crippen molar-refractivity contribution in [3.05, 3.63) is 123 Å². The quantitative estimate of drug-likeness (QED) is 0.102. The molecular formula is C42H36Cl2F4N2O9. The van der Waals surface area contributed by atoms with E-state index in [1.54, 1.807) is 24.3 Å². The number of carbonyl (C=O) groups excluding carboxylic acids is 4. The molecule has 0 bridgehead atoms. The number of amides is 2. The maximum absolute atomic E-state index is 16.2. The van der Waals surface area contributed by atoms with E-state index in [0.29, 0.717) is 11.3 Å². The van der Waals surface area contributed by atoms with Gasteiger partial charge >= 0.3 is 11.9 Å². The number of methoxy groups -OCH3 is 5. The van der Waals surface area contributed by atoms with Crippen LogP contribution in [0.2, 0.25) is 10.0 Å². The average molecular weight is 860 g/mol. The fraction of sp³-hybridized carbons (Fsp3) is 0.190. The minimum Gasteiger partial charge on any atom is -0.497 e. The van der Waals surface area contributed by atoms with Crippen molar-refractivity contribution in [2.45, 2.75) is 20.4 Å². The van der Waals surface area contributed by atoms with Gasteiger partial charge in [-0.1, -0.05) is 47.5 Å². The Morgan fingerprint density at radius 3 is 1.54 bits per heavy atom. The van der Waals surface area contributed by atoms with Crippen LogP contribution in [0.5, 0.6) is 17.2 Å². The van der Waals surface area contributed by atoms with Crippen LogP contribution in [0.4, 0.5) is 28.9 Å². The molecule has 0 aliphatic rings. The van der Waals surface area contributed by atoms with Crippen LogP contribution in [0, 0.1) is 23.3 Å². The smallest absolute Gasteiger partial charge is 0.340 e. The summed E-state index contributed by atoms with van der Waals surface area (Å²) in [6.45, 7) is 2.27. The molecule has 2 amide bonds. The normalized spacial score (nSPS) is 10.5. The molecule has 0 fully saturated rings. The molecule has 0 aliphatic heterocycles. The molecule has 5 rings (SSSR count). The zero-order valence-corrected chi connectivity index (χ0v) is 34.0. The van der Waals surface area contributed by atoms with E-state index in [1.165, 1.54) is 52.5 Å². The summed E-state index contributed by atoms with van der Waals surface area (Å²) in [7, 11) is 6.33. The van der Waals surface area contributed by atoms with Gasteiger partial charge in [-0.25, -0.2) is 27.2 Å². The fourth-order valence-corrected chi connectivity index (χ4v) is 6.45. The van der Waals surface area contributed by atoms with Crippen molar-refractivity contribution in [1.82, 2.24) is 0 Å². The molecule has 310 valence electrons. The van der Waals surface area contributed by atoms with Crippen molar-refractivity contribution in [3.8, 4) is 39.5 Å². The Morgan fingerprint density at radius 1 is 0.627 bits per heavy atom. The molecule has 0 radical (unpaired) electrons. The zero-order valence-electron chi connectivity index (χ0n) is 32.5. The lowest BCUT2D eigenvalue weighted by molar-refractivity contribution is -0.117. The fourth-order valence-electron chi connectivity index (χ4n) is 5.88. The van der Waals surface area contributed by atoms with E-state index in [4.69, 9.17) is 42.1 Å². The number of hydrogen-bond acceptors (Lipinski definition) is 9. The van der Waals surface area contributed by atoms with E-state index < -0.39 is 52.7 Å². The third-order valence-electron chi connectivity index (χ3n) is 8.56. The maximum atomic E-state index is 16.2. The van der Waals surface area contributed by atoms with E-state index in [1.807, 2.05) is 0 Å². The first-order valence-electron chi connectivity index (χ1n) is 17.1. The van der Waals surface area contributed by atoms with Crippen LogP contribution in [-0.4, -0.2) is 59.3 Å². The second-order valence-electron chi connectivity index (χ2n) is 12.2. The molecule has 0 heterocycles. The van der Waals surface area contributed by atoms with E-state index in [9.17, 15) is 28.0 Å². The number of ether oxygens (including phenoxy) is 5. The minimum atomic E-state index is -1.08. The van der Waals surface area contributed by atoms with Gasteiger partial charge in [0, 0.05) is 25.0 Å². The van der Waals surface area contributed by atoms with Gasteiger partial charge < -0.3 is 33.9 Å². The SMILES string of the molecule is COC(=O)c1cc(Cl)c(-c2c(F)cccc2OC)c(F)c1N(Cc1ccc(OC)cc1)C(C)=O.COC(=O)c1cc(Cl)c(-c2c(F)cccc2OC)c(F)c1NC(C)=O. The lowest BCUT2D eigenvalue weighted by Gasteiger charge is -2.26. The number of hydrogen-bond donors (Lipinski definition) is 1. The predicted octanol–water partition coefficient (Wildman–Crippen LogP) is 9.68. The molecule has 0 aromatic heterocycles. The molecule has 0 saturated heterocycles. The molecule has 17 heteroatoms. The van der Waals surface area contributed by atoms with Crippen LogP contribution in [0.25, 0.3) is 22.3 Å². The van der Waals surface area contributed by atoms with Crippen molar-refractivity contribution < 1.29 is 60.4 Å².